The Morgan fingerprint density at radius 3 is 2.48 bits per heavy atom. The molecular formula is C25H30N4O2. The van der Waals surface area contributed by atoms with Crippen LogP contribution in [0.25, 0.3) is 5.95 Å². The molecule has 1 aliphatic rings. The molecule has 0 N–H and O–H groups in total. The van der Waals surface area contributed by atoms with Gasteiger partial charge in [-0.15, -0.1) is 0 Å². The Hall–Kier alpha value is -2.99. The number of ether oxygens (including phenoxy) is 1. The Kier molecular flexibility index (Phi) is 6.77. The smallest absolute Gasteiger partial charge is 0.312 e. The molecule has 1 aliphatic heterocycles. The molecule has 0 spiro atoms. The topological polar surface area (TPSA) is 60.2 Å². The zero-order valence-corrected chi connectivity index (χ0v) is 18.1. The Morgan fingerprint density at radius 1 is 1.03 bits per heavy atom. The van der Waals surface area contributed by atoms with Crippen molar-refractivity contribution >= 4 is 5.97 Å². The number of hydrogen-bond donors (Lipinski definition) is 0. The molecule has 0 unspecified atom stereocenters. The average Bonchev–Trinajstić information content (AvgIpc) is 3.28. The minimum atomic E-state index is -0.396. The maximum Gasteiger partial charge on any atom is 0.312 e. The summed E-state index contributed by atoms with van der Waals surface area (Å²) < 4.78 is 7.54. The Morgan fingerprint density at radius 2 is 1.77 bits per heavy atom. The lowest BCUT2D eigenvalue weighted by atomic mass is 9.74. The largest absolute Gasteiger partial charge is 0.466 e. The quantitative estimate of drug-likeness (QED) is 0.517. The molecule has 31 heavy (non-hydrogen) atoms. The number of aromatic nitrogens is 3. The molecule has 1 saturated heterocycles. The van der Waals surface area contributed by atoms with Crippen LogP contribution in [0.3, 0.4) is 0 Å². The van der Waals surface area contributed by atoms with E-state index in [2.05, 4.69) is 45.2 Å². The Balaban J connectivity index is 1.42. The summed E-state index contributed by atoms with van der Waals surface area (Å²) in [7, 11) is 0. The normalized spacial score (nSPS) is 16.2. The van der Waals surface area contributed by atoms with E-state index in [9.17, 15) is 4.79 Å². The molecule has 162 valence electrons. The highest BCUT2D eigenvalue weighted by Gasteiger charge is 2.42. The molecule has 0 radical (unpaired) electrons. The van der Waals surface area contributed by atoms with Gasteiger partial charge in [0, 0.05) is 30.8 Å². The minimum Gasteiger partial charge on any atom is -0.466 e. The number of hydrogen-bond acceptors (Lipinski definition) is 5. The van der Waals surface area contributed by atoms with E-state index in [1.807, 2.05) is 35.9 Å². The van der Waals surface area contributed by atoms with E-state index in [0.29, 0.717) is 12.6 Å². The number of carbonyl (C=O) groups excluding carboxylic acids is 1. The summed E-state index contributed by atoms with van der Waals surface area (Å²) in [5.41, 5.74) is 2.03. The van der Waals surface area contributed by atoms with Crippen molar-refractivity contribution in [3.63, 3.8) is 0 Å². The van der Waals surface area contributed by atoms with Crippen LogP contribution in [0.15, 0.2) is 67.1 Å². The van der Waals surface area contributed by atoms with Gasteiger partial charge in [-0.05, 0) is 69.5 Å². The number of benzene rings is 1. The predicted octanol–water partition coefficient (Wildman–Crippen LogP) is 4.05. The van der Waals surface area contributed by atoms with Gasteiger partial charge in [0.25, 0.3) is 0 Å². The molecular weight excluding hydrogens is 388 g/mol. The minimum absolute atomic E-state index is 0.0355. The van der Waals surface area contributed by atoms with Gasteiger partial charge in [0.15, 0.2) is 0 Å². The molecule has 0 saturated carbocycles. The van der Waals surface area contributed by atoms with E-state index in [4.69, 9.17) is 4.74 Å². The molecule has 6 heteroatoms. The van der Waals surface area contributed by atoms with Crippen LogP contribution in [0.4, 0.5) is 0 Å². The zero-order valence-electron chi connectivity index (χ0n) is 18.1. The summed E-state index contributed by atoms with van der Waals surface area (Å²) >= 11 is 0. The molecule has 3 aromatic rings. The van der Waals surface area contributed by atoms with Crippen molar-refractivity contribution in [2.24, 2.45) is 5.41 Å². The number of piperidine rings is 1. The first-order valence-corrected chi connectivity index (χ1v) is 11.1. The average molecular weight is 419 g/mol. The highest BCUT2D eigenvalue weighted by molar-refractivity contribution is 5.77. The van der Waals surface area contributed by atoms with Gasteiger partial charge in [0.05, 0.1) is 12.0 Å². The van der Waals surface area contributed by atoms with Crippen LogP contribution < -0.4 is 0 Å². The van der Waals surface area contributed by atoms with Gasteiger partial charge >= 0.3 is 5.97 Å². The van der Waals surface area contributed by atoms with Gasteiger partial charge in [-0.25, -0.2) is 9.97 Å². The lowest BCUT2D eigenvalue weighted by Crippen LogP contribution is -2.45. The Bertz CT molecular complexity index is 963. The third-order valence-corrected chi connectivity index (χ3v) is 6.24. The van der Waals surface area contributed by atoms with Gasteiger partial charge in [-0.2, -0.15) is 0 Å². The molecule has 1 fully saturated rings. The summed E-state index contributed by atoms with van der Waals surface area (Å²) in [6.45, 7) is 4.86. The van der Waals surface area contributed by atoms with Crippen molar-refractivity contribution in [1.82, 2.24) is 19.4 Å². The predicted molar refractivity (Wildman–Crippen MR) is 120 cm³/mol. The third-order valence-electron chi connectivity index (χ3n) is 6.24. The fourth-order valence-electron chi connectivity index (χ4n) is 4.39. The summed E-state index contributed by atoms with van der Waals surface area (Å²) in [4.78, 5) is 24.1. The van der Waals surface area contributed by atoms with Crippen LogP contribution in [0, 0.1) is 5.41 Å². The molecule has 6 nitrogen and oxygen atoms in total. The van der Waals surface area contributed by atoms with Gasteiger partial charge in [-0.3, -0.25) is 14.3 Å². The van der Waals surface area contributed by atoms with Crippen LogP contribution in [-0.4, -0.2) is 45.1 Å². The van der Waals surface area contributed by atoms with Crippen LogP contribution >= 0.6 is 0 Å². The highest BCUT2D eigenvalue weighted by Crippen LogP contribution is 2.38. The van der Waals surface area contributed by atoms with Crippen molar-refractivity contribution in [3.05, 3.63) is 78.4 Å². The number of carbonyl (C=O) groups is 1. The molecule has 2 aromatic heterocycles. The SMILES string of the molecule is CCOC(=O)C1(CCc2ccccc2)CCN(Cc2cccn2-c2ncccn2)CC1. The number of esters is 1. The standard InChI is InChI=1S/C25H30N4O2/c1-2-31-23(30)25(12-11-21-8-4-3-5-9-21)13-18-28(19-14-25)20-22-10-6-17-29(22)24-26-15-7-16-27-24/h3-10,15-17H,2,11-14,18-20H2,1H3. The van der Waals surface area contributed by atoms with Gasteiger partial charge in [0.2, 0.25) is 5.95 Å². The van der Waals surface area contributed by atoms with Crippen LogP contribution in [-0.2, 0) is 22.5 Å². The first-order chi connectivity index (χ1) is 15.2. The van der Waals surface area contributed by atoms with Gasteiger partial charge < -0.3 is 4.74 Å². The molecule has 3 heterocycles. The zero-order chi connectivity index (χ0) is 21.5. The first kappa shape index (κ1) is 21.2. The maximum atomic E-state index is 12.9. The second-order valence-corrected chi connectivity index (χ2v) is 8.18. The van der Waals surface area contributed by atoms with Gasteiger partial charge in [-0.1, -0.05) is 30.3 Å². The monoisotopic (exact) mass is 418 g/mol. The van der Waals surface area contributed by atoms with Crippen LogP contribution in [0.1, 0.15) is 37.4 Å². The van der Waals surface area contributed by atoms with E-state index in [-0.39, 0.29) is 5.97 Å². The lowest BCUT2D eigenvalue weighted by Gasteiger charge is -2.40. The molecule has 0 amide bonds. The molecule has 0 atom stereocenters. The fourth-order valence-corrected chi connectivity index (χ4v) is 4.39. The molecule has 4 rings (SSSR count). The first-order valence-electron chi connectivity index (χ1n) is 11.1. The van der Waals surface area contributed by atoms with Crippen LogP contribution in [0.5, 0.6) is 0 Å². The molecule has 0 bridgehead atoms. The summed E-state index contributed by atoms with van der Waals surface area (Å²) in [6, 6.07) is 16.4. The van der Waals surface area contributed by atoms with Crippen molar-refractivity contribution in [3.8, 4) is 5.95 Å². The van der Waals surface area contributed by atoms with Crippen molar-refractivity contribution in [2.45, 2.75) is 39.2 Å². The Labute approximate surface area is 183 Å². The van der Waals surface area contributed by atoms with Crippen molar-refractivity contribution in [2.75, 3.05) is 19.7 Å². The van der Waals surface area contributed by atoms with Crippen molar-refractivity contribution in [1.29, 1.82) is 0 Å². The summed E-state index contributed by atoms with van der Waals surface area (Å²) in [5.74, 6) is 0.648. The number of nitrogens with zero attached hydrogens (tertiary/aromatic N) is 4. The maximum absolute atomic E-state index is 12.9. The van der Waals surface area contributed by atoms with E-state index in [0.717, 1.165) is 51.0 Å². The molecule has 0 aliphatic carbocycles. The summed E-state index contributed by atoms with van der Waals surface area (Å²) in [5, 5.41) is 0. The second kappa shape index (κ2) is 9.88. The highest BCUT2D eigenvalue weighted by atomic mass is 16.5. The lowest BCUT2D eigenvalue weighted by molar-refractivity contribution is -0.159. The summed E-state index contributed by atoms with van der Waals surface area (Å²) in [6.07, 6.45) is 8.88. The number of likely N-dealkylation sites (tertiary alicyclic amines) is 1. The van der Waals surface area contributed by atoms with E-state index in [1.165, 1.54) is 5.56 Å². The fraction of sp³-hybridized carbons (Fsp3) is 0.400. The van der Waals surface area contributed by atoms with Gasteiger partial charge in [0.1, 0.15) is 0 Å². The van der Waals surface area contributed by atoms with E-state index in [1.54, 1.807) is 12.4 Å². The van der Waals surface area contributed by atoms with E-state index >= 15 is 0 Å². The van der Waals surface area contributed by atoms with Crippen LogP contribution in [0.2, 0.25) is 0 Å². The van der Waals surface area contributed by atoms with E-state index < -0.39 is 5.41 Å². The second-order valence-electron chi connectivity index (χ2n) is 8.18. The molecule has 1 aromatic carbocycles. The van der Waals surface area contributed by atoms with Crippen molar-refractivity contribution < 1.29 is 9.53 Å². The third kappa shape index (κ3) is 5.02. The number of aryl methyl sites for hydroxylation is 1. The number of rotatable bonds is 8.